The molecule has 5 heteroatoms. The van der Waals surface area contributed by atoms with Gasteiger partial charge < -0.3 is 0 Å². The van der Waals surface area contributed by atoms with Crippen LogP contribution < -0.4 is 0 Å². The molecular formula is C8H7Cl2NO2. The van der Waals surface area contributed by atoms with E-state index >= 15 is 0 Å². The number of hydrogen-bond acceptors (Lipinski definition) is 2. The molecule has 1 rings (SSSR count). The lowest BCUT2D eigenvalue weighted by molar-refractivity contribution is -0.384. The Kier molecular flexibility index (Phi) is 3.51. The Hall–Kier alpha value is -0.800. The normalized spacial score (nSPS) is 10.4. The van der Waals surface area contributed by atoms with Crippen LogP contribution in [0.25, 0.3) is 0 Å². The number of rotatable bonds is 3. The van der Waals surface area contributed by atoms with Gasteiger partial charge in [-0.2, -0.15) is 0 Å². The Bertz CT molecular complexity index is 315. The van der Waals surface area contributed by atoms with E-state index in [4.69, 9.17) is 23.2 Å². The molecule has 3 nitrogen and oxygen atoms in total. The second kappa shape index (κ2) is 4.44. The van der Waals surface area contributed by atoms with Crippen molar-refractivity contribution in [3.8, 4) is 0 Å². The molecule has 1 aromatic carbocycles. The third-order valence-electron chi connectivity index (χ3n) is 1.51. The number of nitro benzene ring substituents is 1. The number of hydrogen-bond donors (Lipinski definition) is 0. The SMILES string of the molecule is O=[N+]([O-])c1cccc(CC(Cl)Cl)c1. The number of non-ortho nitro benzene ring substituents is 1. The van der Waals surface area contributed by atoms with Crippen LogP contribution in [0.2, 0.25) is 0 Å². The maximum absolute atomic E-state index is 10.4. The van der Waals surface area contributed by atoms with E-state index < -0.39 is 9.76 Å². The molecule has 0 heterocycles. The van der Waals surface area contributed by atoms with E-state index in [1.165, 1.54) is 12.1 Å². The van der Waals surface area contributed by atoms with Crippen molar-refractivity contribution in [2.75, 3.05) is 0 Å². The minimum absolute atomic E-state index is 0.0616. The van der Waals surface area contributed by atoms with Gasteiger partial charge in [0.25, 0.3) is 5.69 Å². The zero-order valence-corrected chi connectivity index (χ0v) is 8.13. The van der Waals surface area contributed by atoms with Crippen molar-refractivity contribution < 1.29 is 4.92 Å². The molecule has 13 heavy (non-hydrogen) atoms. The van der Waals surface area contributed by atoms with Crippen molar-refractivity contribution in [1.82, 2.24) is 0 Å². The van der Waals surface area contributed by atoms with Crippen LogP contribution in [0.1, 0.15) is 5.56 Å². The average Bonchev–Trinajstić information content (AvgIpc) is 2.03. The lowest BCUT2D eigenvalue weighted by Crippen LogP contribution is -1.95. The zero-order valence-electron chi connectivity index (χ0n) is 6.61. The fraction of sp³-hybridized carbons (Fsp3) is 0.250. The van der Waals surface area contributed by atoms with Crippen LogP contribution >= 0.6 is 23.2 Å². The number of nitrogens with zero attached hydrogens (tertiary/aromatic N) is 1. The molecule has 1 aromatic rings. The molecule has 0 amide bonds. The van der Waals surface area contributed by atoms with E-state index in [0.29, 0.717) is 6.42 Å². The molecule has 0 atom stereocenters. The highest BCUT2D eigenvalue weighted by atomic mass is 35.5. The topological polar surface area (TPSA) is 43.1 Å². The van der Waals surface area contributed by atoms with Gasteiger partial charge in [0, 0.05) is 18.6 Å². The standard InChI is InChI=1S/C8H7Cl2NO2/c9-8(10)5-6-2-1-3-7(4-6)11(12)13/h1-4,8H,5H2. The Balaban J connectivity index is 2.85. The molecular weight excluding hydrogens is 213 g/mol. The fourth-order valence-corrected chi connectivity index (χ4v) is 1.33. The van der Waals surface area contributed by atoms with Crippen LogP contribution in [0.5, 0.6) is 0 Å². The lowest BCUT2D eigenvalue weighted by atomic mass is 10.1. The fourth-order valence-electron chi connectivity index (χ4n) is 0.975. The second-order valence-corrected chi connectivity index (χ2v) is 3.80. The van der Waals surface area contributed by atoms with E-state index in [9.17, 15) is 10.1 Å². The lowest BCUT2D eigenvalue weighted by Gasteiger charge is -2.00. The van der Waals surface area contributed by atoms with Crippen molar-refractivity contribution >= 4 is 28.9 Å². The van der Waals surface area contributed by atoms with Gasteiger partial charge in [-0.15, -0.1) is 23.2 Å². The van der Waals surface area contributed by atoms with E-state index in [1.807, 2.05) is 0 Å². The van der Waals surface area contributed by atoms with Crippen molar-refractivity contribution in [3.05, 3.63) is 39.9 Å². The van der Waals surface area contributed by atoms with Gasteiger partial charge in [-0.3, -0.25) is 10.1 Å². The Morgan fingerprint density at radius 1 is 1.46 bits per heavy atom. The van der Waals surface area contributed by atoms with Gasteiger partial charge in [-0.25, -0.2) is 0 Å². The molecule has 0 saturated heterocycles. The minimum Gasteiger partial charge on any atom is -0.258 e. The van der Waals surface area contributed by atoms with Gasteiger partial charge >= 0.3 is 0 Å². The summed E-state index contributed by atoms with van der Waals surface area (Å²) in [6.07, 6.45) is 0.421. The van der Waals surface area contributed by atoms with Gasteiger partial charge in [-0.1, -0.05) is 12.1 Å². The van der Waals surface area contributed by atoms with E-state index in [-0.39, 0.29) is 5.69 Å². The predicted molar refractivity (Wildman–Crippen MR) is 52.3 cm³/mol. The summed E-state index contributed by atoms with van der Waals surface area (Å²) in [4.78, 5) is 9.41. The van der Waals surface area contributed by atoms with Crippen molar-refractivity contribution in [1.29, 1.82) is 0 Å². The van der Waals surface area contributed by atoms with Crippen LogP contribution in [0, 0.1) is 10.1 Å². The number of nitro groups is 1. The van der Waals surface area contributed by atoms with Gasteiger partial charge in [-0.05, 0) is 5.56 Å². The Morgan fingerprint density at radius 2 is 2.15 bits per heavy atom. The highest BCUT2D eigenvalue weighted by molar-refractivity contribution is 6.44. The first-order valence-electron chi connectivity index (χ1n) is 3.61. The van der Waals surface area contributed by atoms with Gasteiger partial charge in [0.15, 0.2) is 0 Å². The molecule has 0 aliphatic carbocycles. The number of alkyl halides is 2. The molecule has 0 saturated carbocycles. The monoisotopic (exact) mass is 219 g/mol. The molecule has 0 spiro atoms. The smallest absolute Gasteiger partial charge is 0.258 e. The minimum atomic E-state index is -0.526. The van der Waals surface area contributed by atoms with Crippen LogP contribution in [0.15, 0.2) is 24.3 Å². The molecule has 0 N–H and O–H groups in total. The molecule has 0 unspecified atom stereocenters. The molecule has 0 aliphatic heterocycles. The first-order chi connectivity index (χ1) is 6.09. The maximum atomic E-state index is 10.4. The summed E-state index contributed by atoms with van der Waals surface area (Å²) < 4.78 is 0. The Labute approximate surface area is 85.4 Å². The zero-order chi connectivity index (χ0) is 9.84. The summed E-state index contributed by atoms with van der Waals surface area (Å²) in [5.41, 5.74) is 0.829. The quantitative estimate of drug-likeness (QED) is 0.446. The number of halogens is 2. The Morgan fingerprint density at radius 3 is 2.69 bits per heavy atom. The average molecular weight is 220 g/mol. The first-order valence-corrected chi connectivity index (χ1v) is 4.48. The highest BCUT2D eigenvalue weighted by Gasteiger charge is 2.07. The van der Waals surface area contributed by atoms with Gasteiger partial charge in [0.05, 0.1) is 4.92 Å². The molecule has 0 radical (unpaired) electrons. The van der Waals surface area contributed by atoms with Gasteiger partial charge in [0.2, 0.25) is 0 Å². The molecule has 70 valence electrons. The summed E-state index contributed by atoms with van der Waals surface area (Å²) in [7, 11) is 0. The summed E-state index contributed by atoms with van der Waals surface area (Å²) in [6, 6.07) is 6.27. The summed E-state index contributed by atoms with van der Waals surface area (Å²) in [6.45, 7) is 0. The maximum Gasteiger partial charge on any atom is 0.269 e. The summed E-state index contributed by atoms with van der Waals surface area (Å²) >= 11 is 11.1. The third kappa shape index (κ3) is 3.20. The van der Waals surface area contributed by atoms with Crippen LogP contribution in [0.4, 0.5) is 5.69 Å². The highest BCUT2D eigenvalue weighted by Crippen LogP contribution is 2.17. The van der Waals surface area contributed by atoms with E-state index in [1.54, 1.807) is 12.1 Å². The van der Waals surface area contributed by atoms with Crippen molar-refractivity contribution in [2.24, 2.45) is 0 Å². The second-order valence-electron chi connectivity index (χ2n) is 2.52. The molecule has 0 aliphatic rings. The van der Waals surface area contributed by atoms with Crippen LogP contribution in [-0.2, 0) is 6.42 Å². The van der Waals surface area contributed by atoms with Crippen molar-refractivity contribution in [3.63, 3.8) is 0 Å². The first kappa shape index (κ1) is 10.3. The van der Waals surface area contributed by atoms with Crippen LogP contribution in [0.3, 0.4) is 0 Å². The third-order valence-corrected chi connectivity index (χ3v) is 1.82. The predicted octanol–water partition coefficient (Wildman–Crippen LogP) is 2.94. The largest absolute Gasteiger partial charge is 0.269 e. The van der Waals surface area contributed by atoms with Crippen LogP contribution in [-0.4, -0.2) is 9.76 Å². The van der Waals surface area contributed by atoms with E-state index in [0.717, 1.165) is 5.56 Å². The molecule has 0 bridgehead atoms. The van der Waals surface area contributed by atoms with Gasteiger partial charge in [0.1, 0.15) is 4.84 Å². The van der Waals surface area contributed by atoms with E-state index in [2.05, 4.69) is 0 Å². The van der Waals surface area contributed by atoms with Crippen molar-refractivity contribution in [2.45, 2.75) is 11.3 Å². The summed E-state index contributed by atoms with van der Waals surface area (Å²) in [5, 5.41) is 10.4. The molecule has 0 aromatic heterocycles. The number of benzene rings is 1. The molecule has 0 fully saturated rings. The summed E-state index contributed by atoms with van der Waals surface area (Å²) in [5.74, 6) is 0.